The number of carboxylic acids is 1. The standard InChI is InChI=1S/C11H13ClN2O3/c12-8-7(10(16)17)2-5-13-9(8)14-11(6-15)3-1-4-11/h2,5,15H,1,3-4,6H2,(H,13,14)(H,16,17). The van der Waals surface area contributed by atoms with Crippen LogP contribution in [0, 0.1) is 0 Å². The zero-order valence-electron chi connectivity index (χ0n) is 9.11. The van der Waals surface area contributed by atoms with Gasteiger partial charge in [0.1, 0.15) is 5.82 Å². The third-order valence-corrected chi connectivity index (χ3v) is 3.50. The van der Waals surface area contributed by atoms with Crippen LogP contribution in [0.3, 0.4) is 0 Å². The number of hydrogen-bond donors (Lipinski definition) is 3. The van der Waals surface area contributed by atoms with E-state index in [4.69, 9.17) is 16.7 Å². The number of nitrogens with one attached hydrogen (secondary N) is 1. The SMILES string of the molecule is O=C(O)c1ccnc(NC2(CO)CCC2)c1Cl. The number of rotatable bonds is 4. The molecule has 0 aliphatic heterocycles. The second kappa shape index (κ2) is 4.50. The first kappa shape index (κ1) is 12.1. The van der Waals surface area contributed by atoms with Crippen LogP contribution in [0.25, 0.3) is 0 Å². The number of carbonyl (C=O) groups is 1. The lowest BCUT2D eigenvalue weighted by atomic mass is 9.77. The molecule has 0 amide bonds. The van der Waals surface area contributed by atoms with Gasteiger partial charge in [-0.15, -0.1) is 0 Å². The first-order valence-electron chi connectivity index (χ1n) is 5.35. The largest absolute Gasteiger partial charge is 0.478 e. The van der Waals surface area contributed by atoms with Crippen LogP contribution < -0.4 is 5.32 Å². The Kier molecular flexibility index (Phi) is 3.22. The van der Waals surface area contributed by atoms with Crippen molar-refractivity contribution in [3.63, 3.8) is 0 Å². The van der Waals surface area contributed by atoms with Crippen molar-refractivity contribution in [2.45, 2.75) is 24.8 Å². The number of aromatic nitrogens is 1. The molecule has 0 aromatic carbocycles. The minimum Gasteiger partial charge on any atom is -0.478 e. The maximum Gasteiger partial charge on any atom is 0.337 e. The molecule has 1 heterocycles. The van der Waals surface area contributed by atoms with Gasteiger partial charge >= 0.3 is 5.97 Å². The molecular formula is C11H13ClN2O3. The molecule has 17 heavy (non-hydrogen) atoms. The Bertz CT molecular complexity index is 441. The number of aliphatic hydroxyl groups excluding tert-OH is 1. The number of nitrogens with zero attached hydrogens (tertiary/aromatic N) is 1. The van der Waals surface area contributed by atoms with Crippen LogP contribution in [-0.4, -0.2) is 33.3 Å². The summed E-state index contributed by atoms with van der Waals surface area (Å²) in [5.41, 5.74) is -0.384. The molecule has 6 heteroatoms. The predicted molar refractivity (Wildman–Crippen MR) is 63.5 cm³/mol. The van der Waals surface area contributed by atoms with E-state index in [2.05, 4.69) is 10.3 Å². The molecule has 92 valence electrons. The van der Waals surface area contributed by atoms with Crippen molar-refractivity contribution in [2.75, 3.05) is 11.9 Å². The van der Waals surface area contributed by atoms with Crippen molar-refractivity contribution < 1.29 is 15.0 Å². The molecule has 1 aliphatic rings. The molecule has 1 saturated carbocycles. The van der Waals surface area contributed by atoms with Crippen LogP contribution >= 0.6 is 11.6 Å². The van der Waals surface area contributed by atoms with Gasteiger partial charge in [-0.25, -0.2) is 9.78 Å². The van der Waals surface area contributed by atoms with Gasteiger partial charge in [0.2, 0.25) is 0 Å². The van der Waals surface area contributed by atoms with Gasteiger partial charge < -0.3 is 15.5 Å². The van der Waals surface area contributed by atoms with E-state index in [1.807, 2.05) is 0 Å². The molecule has 0 unspecified atom stereocenters. The van der Waals surface area contributed by atoms with Gasteiger partial charge in [0.15, 0.2) is 0 Å². The summed E-state index contributed by atoms with van der Waals surface area (Å²) in [4.78, 5) is 14.9. The van der Waals surface area contributed by atoms with E-state index in [0.717, 1.165) is 19.3 Å². The quantitative estimate of drug-likeness (QED) is 0.765. The molecule has 1 aromatic rings. The number of halogens is 1. The molecule has 0 radical (unpaired) electrons. The summed E-state index contributed by atoms with van der Waals surface area (Å²) in [5, 5.41) is 21.4. The summed E-state index contributed by atoms with van der Waals surface area (Å²) in [5.74, 6) is -0.771. The number of hydrogen-bond acceptors (Lipinski definition) is 4. The van der Waals surface area contributed by atoms with Gasteiger partial charge in [0.25, 0.3) is 0 Å². The molecule has 1 fully saturated rings. The lowest BCUT2D eigenvalue weighted by Crippen LogP contribution is -2.48. The molecule has 1 aromatic heterocycles. The van der Waals surface area contributed by atoms with E-state index in [-0.39, 0.29) is 17.2 Å². The van der Waals surface area contributed by atoms with Crippen molar-refractivity contribution in [2.24, 2.45) is 0 Å². The Balaban J connectivity index is 2.27. The summed E-state index contributed by atoms with van der Waals surface area (Å²) in [7, 11) is 0. The molecular weight excluding hydrogens is 244 g/mol. The Morgan fingerprint density at radius 3 is 2.76 bits per heavy atom. The van der Waals surface area contributed by atoms with Crippen LogP contribution in [0.5, 0.6) is 0 Å². The second-order valence-electron chi connectivity index (χ2n) is 4.24. The van der Waals surface area contributed by atoms with E-state index in [9.17, 15) is 9.90 Å². The summed E-state index contributed by atoms with van der Waals surface area (Å²) < 4.78 is 0. The number of pyridine rings is 1. The zero-order valence-corrected chi connectivity index (χ0v) is 9.87. The highest BCUT2D eigenvalue weighted by molar-refractivity contribution is 6.35. The van der Waals surface area contributed by atoms with Crippen LogP contribution in [0.1, 0.15) is 29.6 Å². The van der Waals surface area contributed by atoms with Crippen molar-refractivity contribution in [3.8, 4) is 0 Å². The fourth-order valence-electron chi connectivity index (χ4n) is 1.87. The maximum absolute atomic E-state index is 10.9. The highest BCUT2D eigenvalue weighted by atomic mass is 35.5. The normalized spacial score (nSPS) is 17.3. The van der Waals surface area contributed by atoms with Crippen LogP contribution in [0.15, 0.2) is 12.3 Å². The van der Waals surface area contributed by atoms with Gasteiger partial charge in [-0.1, -0.05) is 11.6 Å². The highest BCUT2D eigenvalue weighted by Gasteiger charge is 2.37. The number of anilines is 1. The van der Waals surface area contributed by atoms with E-state index >= 15 is 0 Å². The summed E-state index contributed by atoms with van der Waals surface area (Å²) in [6.45, 7) is -0.0116. The van der Waals surface area contributed by atoms with Crippen LogP contribution in [0.2, 0.25) is 5.02 Å². The van der Waals surface area contributed by atoms with E-state index < -0.39 is 11.5 Å². The lowest BCUT2D eigenvalue weighted by Gasteiger charge is -2.41. The summed E-state index contributed by atoms with van der Waals surface area (Å²) in [6, 6.07) is 1.35. The minimum absolute atomic E-state index is 0.0107. The minimum atomic E-state index is -1.09. The van der Waals surface area contributed by atoms with Crippen molar-refractivity contribution >= 4 is 23.4 Å². The summed E-state index contributed by atoms with van der Waals surface area (Å²) >= 11 is 5.96. The number of aliphatic hydroxyl groups is 1. The third kappa shape index (κ3) is 2.21. The van der Waals surface area contributed by atoms with Gasteiger partial charge in [-0.3, -0.25) is 0 Å². The second-order valence-corrected chi connectivity index (χ2v) is 4.62. The monoisotopic (exact) mass is 256 g/mol. The molecule has 0 atom stereocenters. The van der Waals surface area contributed by atoms with Gasteiger partial charge in [0, 0.05) is 6.20 Å². The lowest BCUT2D eigenvalue weighted by molar-refractivity contribution is 0.0697. The van der Waals surface area contributed by atoms with E-state index in [1.165, 1.54) is 12.3 Å². The number of aromatic carboxylic acids is 1. The van der Waals surface area contributed by atoms with Gasteiger partial charge in [-0.2, -0.15) is 0 Å². The Morgan fingerprint density at radius 2 is 2.29 bits per heavy atom. The Hall–Kier alpha value is -1.33. The topological polar surface area (TPSA) is 82.5 Å². The molecule has 2 rings (SSSR count). The van der Waals surface area contributed by atoms with Crippen molar-refractivity contribution in [3.05, 3.63) is 22.8 Å². The van der Waals surface area contributed by atoms with Gasteiger partial charge in [-0.05, 0) is 25.3 Å². The first-order valence-corrected chi connectivity index (χ1v) is 5.73. The van der Waals surface area contributed by atoms with Crippen molar-refractivity contribution in [1.82, 2.24) is 4.98 Å². The predicted octanol–water partition coefficient (Wildman–Crippen LogP) is 1.76. The zero-order chi connectivity index (χ0) is 12.5. The summed E-state index contributed by atoms with van der Waals surface area (Å²) in [6.07, 6.45) is 4.09. The molecule has 5 nitrogen and oxygen atoms in total. The smallest absolute Gasteiger partial charge is 0.337 e. The van der Waals surface area contributed by atoms with E-state index in [0.29, 0.717) is 5.82 Å². The maximum atomic E-state index is 10.9. The molecule has 0 spiro atoms. The highest BCUT2D eigenvalue weighted by Crippen LogP contribution is 2.36. The van der Waals surface area contributed by atoms with Crippen LogP contribution in [-0.2, 0) is 0 Å². The molecule has 0 saturated heterocycles. The molecule has 3 N–H and O–H groups in total. The van der Waals surface area contributed by atoms with Crippen LogP contribution in [0.4, 0.5) is 5.82 Å². The Labute approximate surface area is 103 Å². The Morgan fingerprint density at radius 1 is 1.59 bits per heavy atom. The molecule has 1 aliphatic carbocycles. The fourth-order valence-corrected chi connectivity index (χ4v) is 2.11. The third-order valence-electron chi connectivity index (χ3n) is 3.12. The van der Waals surface area contributed by atoms with E-state index in [1.54, 1.807) is 0 Å². The van der Waals surface area contributed by atoms with Gasteiger partial charge in [0.05, 0.1) is 22.7 Å². The molecule has 0 bridgehead atoms. The average molecular weight is 257 g/mol. The average Bonchev–Trinajstić information content (AvgIpc) is 2.25. The fraction of sp³-hybridized carbons (Fsp3) is 0.455. The number of carboxylic acid groups (broad SMARTS) is 1. The van der Waals surface area contributed by atoms with Crippen molar-refractivity contribution in [1.29, 1.82) is 0 Å². The first-order chi connectivity index (χ1) is 8.08.